The van der Waals surface area contributed by atoms with Crippen molar-refractivity contribution in [1.29, 1.82) is 0 Å². The summed E-state index contributed by atoms with van der Waals surface area (Å²) in [5.41, 5.74) is 0.155. The zero-order valence-electron chi connectivity index (χ0n) is 21.3. The van der Waals surface area contributed by atoms with Crippen molar-refractivity contribution in [1.82, 2.24) is 20.4 Å². The number of aliphatic hydroxyl groups excluding tert-OH is 1. The highest BCUT2D eigenvalue weighted by molar-refractivity contribution is 8.03. The molecule has 7 atom stereocenters. The maximum Gasteiger partial charge on any atom is 0.410 e. The van der Waals surface area contributed by atoms with Gasteiger partial charge < -0.3 is 29.7 Å². The van der Waals surface area contributed by atoms with Gasteiger partial charge in [-0.05, 0) is 19.8 Å². The Morgan fingerprint density at radius 2 is 1.89 bits per heavy atom. The van der Waals surface area contributed by atoms with Gasteiger partial charge in [0.15, 0.2) is 0 Å². The molecule has 0 aromatic carbocycles. The molecule has 1 unspecified atom stereocenters. The first-order valence-electron chi connectivity index (χ1n) is 12.4. The van der Waals surface area contributed by atoms with Gasteiger partial charge in [-0.25, -0.2) is 14.4 Å². The van der Waals surface area contributed by atoms with Crippen molar-refractivity contribution in [2.45, 2.75) is 56.2 Å². The number of carbonyl (C=O) groups excluding carboxylic acids is 5. The summed E-state index contributed by atoms with van der Waals surface area (Å²) in [6.45, 7) is 10.8. The molecular weight excluding hydrogens is 516 g/mol. The first-order valence-corrected chi connectivity index (χ1v) is 13.3. The van der Waals surface area contributed by atoms with Crippen LogP contribution in [0.2, 0.25) is 0 Å². The van der Waals surface area contributed by atoms with Gasteiger partial charge in [-0.3, -0.25) is 14.9 Å². The van der Waals surface area contributed by atoms with Crippen LogP contribution >= 0.6 is 11.8 Å². The molecule has 0 aromatic heterocycles. The van der Waals surface area contributed by atoms with Crippen LogP contribution in [0, 0.1) is 11.8 Å². The van der Waals surface area contributed by atoms with Crippen LogP contribution in [-0.4, -0.2) is 94.1 Å². The van der Waals surface area contributed by atoms with E-state index < -0.39 is 48.1 Å². The highest BCUT2D eigenvalue weighted by Crippen LogP contribution is 2.52. The third kappa shape index (κ3) is 5.04. The first kappa shape index (κ1) is 27.7. The summed E-state index contributed by atoms with van der Waals surface area (Å²) in [7, 11) is 0. The molecule has 5 amide bonds. The van der Waals surface area contributed by atoms with Crippen molar-refractivity contribution < 1.29 is 38.6 Å². The third-order valence-electron chi connectivity index (χ3n) is 7.23. The molecule has 0 aromatic rings. The van der Waals surface area contributed by atoms with E-state index in [2.05, 4.69) is 23.8 Å². The smallest absolute Gasteiger partial charge is 0.410 e. The largest absolute Gasteiger partial charge is 0.457 e. The maximum absolute atomic E-state index is 13.0. The quantitative estimate of drug-likeness (QED) is 0.156. The van der Waals surface area contributed by atoms with Crippen LogP contribution in [-0.2, 0) is 23.9 Å². The lowest BCUT2D eigenvalue weighted by Gasteiger charge is -2.46. The molecule has 38 heavy (non-hydrogen) atoms. The Hall–Kier alpha value is -3.32. The van der Waals surface area contributed by atoms with Gasteiger partial charge in [-0.1, -0.05) is 32.2 Å². The van der Waals surface area contributed by atoms with Crippen molar-refractivity contribution in [2.24, 2.45) is 11.8 Å². The second-order valence-corrected chi connectivity index (χ2v) is 11.1. The Morgan fingerprint density at radius 1 is 1.21 bits per heavy atom. The summed E-state index contributed by atoms with van der Waals surface area (Å²) in [5.74, 6) is -2.32. The van der Waals surface area contributed by atoms with E-state index in [-0.39, 0.29) is 55.0 Å². The normalized spacial score (nSPS) is 30.9. The van der Waals surface area contributed by atoms with E-state index in [1.54, 1.807) is 6.92 Å². The maximum atomic E-state index is 13.0. The predicted molar refractivity (Wildman–Crippen MR) is 136 cm³/mol. The molecule has 12 nitrogen and oxygen atoms in total. The van der Waals surface area contributed by atoms with Gasteiger partial charge >= 0.3 is 18.1 Å². The number of fused-ring (bicyclic) bond motifs is 1. The number of imide groups is 1. The molecule has 3 N–H and O–H groups in total. The summed E-state index contributed by atoms with van der Waals surface area (Å²) in [5, 5.41) is 14.8. The first-order chi connectivity index (χ1) is 18.1. The molecule has 3 saturated heterocycles. The van der Waals surface area contributed by atoms with Crippen LogP contribution in [0.1, 0.15) is 26.7 Å². The number of hydrogen-bond acceptors (Lipinski definition) is 9. The van der Waals surface area contributed by atoms with Gasteiger partial charge in [0.25, 0.3) is 5.91 Å². The number of aliphatic hydroxyl groups is 1. The fourth-order valence-corrected chi connectivity index (χ4v) is 7.13. The minimum Gasteiger partial charge on any atom is -0.457 e. The molecular formula is C25H32N4O8S. The van der Waals surface area contributed by atoms with E-state index in [0.29, 0.717) is 11.3 Å². The van der Waals surface area contributed by atoms with Crippen LogP contribution in [0.4, 0.5) is 9.59 Å². The lowest BCUT2D eigenvalue weighted by Crippen LogP contribution is -2.63. The summed E-state index contributed by atoms with van der Waals surface area (Å²) in [6, 6.07) is -2.17. The lowest BCUT2D eigenvalue weighted by atomic mass is 9.79. The Kier molecular flexibility index (Phi) is 8.16. The van der Waals surface area contributed by atoms with Crippen LogP contribution in [0.15, 0.2) is 35.9 Å². The molecule has 4 heterocycles. The van der Waals surface area contributed by atoms with E-state index in [0.717, 1.165) is 0 Å². The van der Waals surface area contributed by atoms with Gasteiger partial charge in [0.05, 0.1) is 18.1 Å². The average molecular weight is 549 g/mol. The van der Waals surface area contributed by atoms with Crippen LogP contribution in [0.25, 0.3) is 0 Å². The fourth-order valence-electron chi connectivity index (χ4n) is 5.57. The number of urea groups is 1. The molecule has 4 aliphatic rings. The summed E-state index contributed by atoms with van der Waals surface area (Å²) >= 11 is 1.38. The van der Waals surface area contributed by atoms with Crippen LogP contribution in [0.5, 0.6) is 0 Å². The molecule has 0 bridgehead atoms. The fraction of sp³-hybridized carbons (Fsp3) is 0.560. The Balaban J connectivity index is 1.58. The van der Waals surface area contributed by atoms with Crippen molar-refractivity contribution >= 4 is 41.7 Å². The standard InChI is InChI=1S/C25H32N4O8S/c1-5-7-36-23(33)19-20(12(3)18-17(13(4)30)22(32)29(18)19)38-15-9-14(10-16-21(31)27-24(34)26-16)28(11-15)25(35)37-8-6-2/h5-6,12-18,30H,1-2,7-11H2,3-4H3,(H2,26,27,31,34)/t12-,13-,14+,15+,16?,17-,18-/m1/s1. The van der Waals surface area contributed by atoms with Crippen molar-refractivity contribution in [3.8, 4) is 0 Å². The number of hydrogen-bond donors (Lipinski definition) is 3. The number of nitrogens with one attached hydrogen (secondary N) is 2. The van der Waals surface area contributed by atoms with Crippen molar-refractivity contribution in [3.63, 3.8) is 0 Å². The Morgan fingerprint density at radius 3 is 2.50 bits per heavy atom. The number of likely N-dealkylation sites (tertiary alicyclic amines) is 1. The SMILES string of the molecule is C=CCOC(=O)C1=C(S[C@H]2C[C@@H](CC3NC(=O)NC3=O)N(C(=O)OCC=C)C2)[C@H](C)[C@@H]2[C@@H]([C@@H](C)O)C(=O)N12. The molecule has 206 valence electrons. The van der Waals surface area contributed by atoms with E-state index in [4.69, 9.17) is 9.47 Å². The molecule has 0 saturated carbocycles. The number of ether oxygens (including phenoxy) is 2. The Bertz CT molecular complexity index is 1090. The minimum absolute atomic E-state index is 0.0154. The molecule has 0 aliphatic carbocycles. The van der Waals surface area contributed by atoms with E-state index >= 15 is 0 Å². The highest BCUT2D eigenvalue weighted by Gasteiger charge is 2.60. The second kappa shape index (κ2) is 11.2. The summed E-state index contributed by atoms with van der Waals surface area (Å²) < 4.78 is 10.5. The third-order valence-corrected chi connectivity index (χ3v) is 8.72. The molecule has 0 radical (unpaired) electrons. The topological polar surface area (TPSA) is 155 Å². The molecule has 0 spiro atoms. The number of carbonyl (C=O) groups is 5. The Labute approximate surface area is 224 Å². The van der Waals surface area contributed by atoms with Crippen molar-refractivity contribution in [3.05, 3.63) is 35.9 Å². The molecule has 3 fully saturated rings. The zero-order chi connectivity index (χ0) is 27.7. The van der Waals surface area contributed by atoms with E-state index in [1.165, 1.54) is 33.7 Å². The summed E-state index contributed by atoms with van der Waals surface area (Å²) in [6.07, 6.45) is 2.08. The number of thioether (sulfide) groups is 1. The predicted octanol–water partition coefficient (Wildman–Crippen LogP) is 0.882. The van der Waals surface area contributed by atoms with E-state index in [9.17, 15) is 29.1 Å². The number of nitrogens with zero attached hydrogens (tertiary/aromatic N) is 2. The lowest BCUT2D eigenvalue weighted by molar-refractivity contribution is -0.164. The van der Waals surface area contributed by atoms with Gasteiger partial charge in [0.2, 0.25) is 5.91 Å². The minimum atomic E-state index is -0.875. The van der Waals surface area contributed by atoms with E-state index in [1.807, 2.05) is 6.92 Å². The number of amides is 5. The molecule has 13 heteroatoms. The molecule has 4 aliphatic heterocycles. The monoisotopic (exact) mass is 548 g/mol. The zero-order valence-corrected chi connectivity index (χ0v) is 22.1. The van der Waals surface area contributed by atoms with Gasteiger partial charge in [-0.2, -0.15) is 0 Å². The van der Waals surface area contributed by atoms with Crippen molar-refractivity contribution in [2.75, 3.05) is 19.8 Å². The van der Waals surface area contributed by atoms with Gasteiger partial charge in [-0.15, -0.1) is 11.8 Å². The summed E-state index contributed by atoms with van der Waals surface area (Å²) in [4.78, 5) is 66.1. The number of β-lactam (4-membered cyclic amide) rings is 1. The average Bonchev–Trinajstić information content (AvgIpc) is 3.48. The van der Waals surface area contributed by atoms with Gasteiger partial charge in [0, 0.05) is 28.7 Å². The number of rotatable bonds is 10. The molecule has 4 rings (SSSR count). The highest BCUT2D eigenvalue weighted by atomic mass is 32.2. The van der Waals surface area contributed by atoms with Crippen LogP contribution in [0.3, 0.4) is 0 Å². The second-order valence-electron chi connectivity index (χ2n) is 9.75. The number of esters is 1. The van der Waals surface area contributed by atoms with Gasteiger partial charge in [0.1, 0.15) is 25.0 Å². The van der Waals surface area contributed by atoms with Crippen LogP contribution < -0.4 is 10.6 Å².